The zero-order chi connectivity index (χ0) is 17.8. The van der Waals surface area contributed by atoms with E-state index in [9.17, 15) is 4.79 Å². The lowest BCUT2D eigenvalue weighted by atomic mass is 10.1. The second kappa shape index (κ2) is 7.81. The number of rotatable bonds is 4. The van der Waals surface area contributed by atoms with Gasteiger partial charge in [-0.1, -0.05) is 48.9 Å². The molecule has 3 aromatic rings. The maximum atomic E-state index is 12.5. The molecule has 0 aliphatic rings. The summed E-state index contributed by atoms with van der Waals surface area (Å²) in [5, 5.41) is 0.712. The third kappa shape index (κ3) is 3.75. The number of carbonyl (C=O) groups is 1. The fourth-order valence-electron chi connectivity index (χ4n) is 2.73. The van der Waals surface area contributed by atoms with Crippen LogP contribution in [-0.2, 0) is 13.0 Å². The number of benzene rings is 2. The minimum atomic E-state index is -0.214. The number of aromatic nitrogens is 1. The second-order valence-electron chi connectivity index (χ2n) is 5.54. The first-order chi connectivity index (χ1) is 12.1. The minimum absolute atomic E-state index is 0.214. The van der Waals surface area contributed by atoms with E-state index >= 15 is 0 Å². The predicted octanol–water partition coefficient (Wildman–Crippen LogP) is 5.19. The number of thiazole rings is 1. The highest BCUT2D eigenvalue weighted by Crippen LogP contribution is 2.27. The highest BCUT2D eigenvalue weighted by Gasteiger charge is 2.14. The van der Waals surface area contributed by atoms with Crippen molar-refractivity contribution in [1.82, 2.24) is 4.57 Å². The molecular formula is C20H19ClN2OS. The zero-order valence-corrected chi connectivity index (χ0v) is 15.8. The predicted molar refractivity (Wildman–Crippen MR) is 104 cm³/mol. The quantitative estimate of drug-likeness (QED) is 0.622. The molecule has 3 nitrogen and oxygen atoms in total. The van der Waals surface area contributed by atoms with Crippen LogP contribution in [0.2, 0.25) is 5.02 Å². The fraction of sp³-hybridized carbons (Fsp3) is 0.200. The number of amides is 1. The van der Waals surface area contributed by atoms with Gasteiger partial charge >= 0.3 is 0 Å². The molecule has 5 heteroatoms. The van der Waals surface area contributed by atoms with Crippen LogP contribution in [0, 0.1) is 0 Å². The number of hydrogen-bond donors (Lipinski definition) is 0. The summed E-state index contributed by atoms with van der Waals surface area (Å²) in [6.45, 7) is 4.93. The molecule has 0 unspecified atom stereocenters. The summed E-state index contributed by atoms with van der Waals surface area (Å²) < 4.78 is 2.10. The van der Waals surface area contributed by atoms with Crippen molar-refractivity contribution in [2.24, 2.45) is 4.99 Å². The third-order valence-corrected chi connectivity index (χ3v) is 5.43. The SMILES string of the molecule is CCc1sc(=NC(=O)c2ccccc2)n(CC)c1-c1ccc(Cl)cc1. The highest BCUT2D eigenvalue weighted by molar-refractivity contribution is 7.09. The van der Waals surface area contributed by atoms with Crippen molar-refractivity contribution in [3.05, 3.63) is 74.9 Å². The van der Waals surface area contributed by atoms with E-state index in [1.165, 1.54) is 4.88 Å². The van der Waals surface area contributed by atoms with Crippen LogP contribution < -0.4 is 4.80 Å². The van der Waals surface area contributed by atoms with Crippen LogP contribution in [0.25, 0.3) is 11.3 Å². The van der Waals surface area contributed by atoms with Crippen LogP contribution in [0.1, 0.15) is 29.1 Å². The molecule has 0 aliphatic carbocycles. The van der Waals surface area contributed by atoms with E-state index in [0.29, 0.717) is 10.6 Å². The van der Waals surface area contributed by atoms with Crippen molar-refractivity contribution in [1.29, 1.82) is 0 Å². The summed E-state index contributed by atoms with van der Waals surface area (Å²) in [6, 6.07) is 17.0. The van der Waals surface area contributed by atoms with E-state index in [4.69, 9.17) is 11.6 Å². The molecular weight excluding hydrogens is 352 g/mol. The molecule has 1 aromatic heterocycles. The van der Waals surface area contributed by atoms with Gasteiger partial charge in [0.1, 0.15) is 0 Å². The number of hydrogen-bond acceptors (Lipinski definition) is 2. The van der Waals surface area contributed by atoms with E-state index in [0.717, 1.165) is 29.0 Å². The lowest BCUT2D eigenvalue weighted by molar-refractivity contribution is 0.0998. The summed E-state index contributed by atoms with van der Waals surface area (Å²) in [5.74, 6) is -0.214. The van der Waals surface area contributed by atoms with Crippen molar-refractivity contribution < 1.29 is 4.79 Å². The van der Waals surface area contributed by atoms with Gasteiger partial charge in [0.15, 0.2) is 4.80 Å². The smallest absolute Gasteiger partial charge is 0.279 e. The molecule has 0 spiro atoms. The molecule has 0 fully saturated rings. The number of halogens is 1. The van der Waals surface area contributed by atoms with Gasteiger partial charge in [-0.05, 0) is 43.2 Å². The van der Waals surface area contributed by atoms with Gasteiger partial charge in [0.05, 0.1) is 5.69 Å². The van der Waals surface area contributed by atoms with Gasteiger partial charge in [-0.3, -0.25) is 4.79 Å². The van der Waals surface area contributed by atoms with Crippen LogP contribution in [0.3, 0.4) is 0 Å². The summed E-state index contributed by atoms with van der Waals surface area (Å²) in [7, 11) is 0. The largest absolute Gasteiger partial charge is 0.316 e. The van der Waals surface area contributed by atoms with Crippen molar-refractivity contribution in [2.75, 3.05) is 0 Å². The number of nitrogens with zero attached hydrogens (tertiary/aromatic N) is 2. The lowest BCUT2D eigenvalue weighted by Crippen LogP contribution is -2.17. The standard InChI is InChI=1S/C20H19ClN2OS/c1-3-17-18(14-10-12-16(21)13-11-14)23(4-2)20(25-17)22-19(24)15-8-6-5-7-9-15/h5-13H,3-4H2,1-2H3. The maximum Gasteiger partial charge on any atom is 0.279 e. The second-order valence-corrected chi connectivity index (χ2v) is 7.04. The summed E-state index contributed by atoms with van der Waals surface area (Å²) in [4.78, 5) is 18.8. The molecule has 0 N–H and O–H groups in total. The van der Waals surface area contributed by atoms with Crippen LogP contribution in [0.4, 0.5) is 0 Å². The van der Waals surface area contributed by atoms with E-state index in [1.807, 2.05) is 42.5 Å². The zero-order valence-electron chi connectivity index (χ0n) is 14.2. The highest BCUT2D eigenvalue weighted by atomic mass is 35.5. The van der Waals surface area contributed by atoms with Gasteiger partial charge < -0.3 is 4.57 Å². The molecule has 0 atom stereocenters. The first kappa shape index (κ1) is 17.6. The van der Waals surface area contributed by atoms with Gasteiger partial charge in [0, 0.05) is 22.0 Å². The molecule has 1 heterocycles. The van der Waals surface area contributed by atoms with Gasteiger partial charge in [-0.15, -0.1) is 11.3 Å². The van der Waals surface area contributed by atoms with E-state index in [-0.39, 0.29) is 5.91 Å². The molecule has 0 bridgehead atoms. The lowest BCUT2D eigenvalue weighted by Gasteiger charge is -2.08. The van der Waals surface area contributed by atoms with Crippen molar-refractivity contribution >= 4 is 28.8 Å². The Morgan fingerprint density at radius 1 is 1.08 bits per heavy atom. The molecule has 2 aromatic carbocycles. The first-order valence-corrected chi connectivity index (χ1v) is 9.46. The van der Waals surface area contributed by atoms with Crippen molar-refractivity contribution in [3.8, 4) is 11.3 Å². The fourth-order valence-corrected chi connectivity index (χ4v) is 4.01. The Hall–Kier alpha value is -2.17. The van der Waals surface area contributed by atoms with E-state index in [1.54, 1.807) is 23.5 Å². The summed E-state index contributed by atoms with van der Waals surface area (Å²) >= 11 is 7.60. The van der Waals surface area contributed by atoms with Crippen LogP contribution in [0.5, 0.6) is 0 Å². The molecule has 0 saturated carbocycles. The summed E-state index contributed by atoms with van der Waals surface area (Å²) in [5.41, 5.74) is 2.81. The average Bonchev–Trinajstić information content (AvgIpc) is 3.00. The third-order valence-electron chi connectivity index (χ3n) is 3.95. The molecule has 0 saturated heterocycles. The molecule has 25 heavy (non-hydrogen) atoms. The average molecular weight is 371 g/mol. The Bertz CT molecular complexity index is 940. The summed E-state index contributed by atoms with van der Waals surface area (Å²) in [6.07, 6.45) is 0.887. The molecule has 1 amide bonds. The molecule has 3 rings (SSSR count). The minimum Gasteiger partial charge on any atom is -0.316 e. The van der Waals surface area contributed by atoms with Crippen molar-refractivity contribution in [3.63, 3.8) is 0 Å². The first-order valence-electron chi connectivity index (χ1n) is 8.26. The van der Waals surface area contributed by atoms with Crippen LogP contribution in [-0.4, -0.2) is 10.5 Å². The Kier molecular flexibility index (Phi) is 5.51. The molecule has 128 valence electrons. The molecule has 0 radical (unpaired) electrons. The van der Waals surface area contributed by atoms with Gasteiger partial charge in [0.2, 0.25) is 0 Å². The normalized spacial score (nSPS) is 11.7. The van der Waals surface area contributed by atoms with Crippen LogP contribution in [0.15, 0.2) is 59.6 Å². The Morgan fingerprint density at radius 3 is 2.36 bits per heavy atom. The monoisotopic (exact) mass is 370 g/mol. The maximum absolute atomic E-state index is 12.5. The van der Waals surface area contributed by atoms with Gasteiger partial charge in [-0.25, -0.2) is 0 Å². The van der Waals surface area contributed by atoms with Gasteiger partial charge in [-0.2, -0.15) is 4.99 Å². The topological polar surface area (TPSA) is 34.4 Å². The Balaban J connectivity index is 2.14. The van der Waals surface area contributed by atoms with Crippen molar-refractivity contribution in [2.45, 2.75) is 26.8 Å². The number of carbonyl (C=O) groups excluding carboxylic acids is 1. The Labute approximate surface area is 156 Å². The Morgan fingerprint density at radius 2 is 1.76 bits per heavy atom. The van der Waals surface area contributed by atoms with Gasteiger partial charge in [0.25, 0.3) is 5.91 Å². The van der Waals surface area contributed by atoms with E-state index in [2.05, 4.69) is 23.4 Å². The molecule has 0 aliphatic heterocycles. The number of aryl methyl sites for hydroxylation is 1. The van der Waals surface area contributed by atoms with E-state index < -0.39 is 0 Å². The van der Waals surface area contributed by atoms with Crippen LogP contribution >= 0.6 is 22.9 Å².